The molecule has 7 nitrogen and oxygen atoms in total. The summed E-state index contributed by atoms with van der Waals surface area (Å²) < 4.78 is 1.52. The molecule has 0 aliphatic rings. The highest BCUT2D eigenvalue weighted by atomic mass is 35.5. The minimum atomic E-state index is -0.890. The monoisotopic (exact) mass is 258 g/mol. The lowest BCUT2D eigenvalue weighted by Gasteiger charge is -1.97. The molecule has 0 fully saturated rings. The first-order valence-corrected chi connectivity index (χ1v) is 4.37. The van der Waals surface area contributed by atoms with Gasteiger partial charge in [-0.25, -0.2) is 4.79 Å². The summed E-state index contributed by atoms with van der Waals surface area (Å²) in [6.45, 7) is -0.0456. The minimum Gasteiger partial charge on any atom is -1.00 e. The molecule has 17 heavy (non-hydrogen) atoms. The maximum atomic E-state index is 11.2. The van der Waals surface area contributed by atoms with Crippen molar-refractivity contribution >= 4 is 18.2 Å². The minimum absolute atomic E-state index is 0. The zero-order valence-electron chi connectivity index (χ0n) is 8.71. The summed E-state index contributed by atoms with van der Waals surface area (Å²) in [7, 11) is 0. The lowest BCUT2D eigenvalue weighted by Crippen LogP contribution is -3.00. The van der Waals surface area contributed by atoms with E-state index in [-0.39, 0.29) is 19.0 Å². The lowest BCUT2D eigenvalue weighted by atomic mass is 10.3. The van der Waals surface area contributed by atoms with Crippen LogP contribution in [0.25, 0.3) is 0 Å². The maximum absolute atomic E-state index is 11.2. The number of nitrogens with one attached hydrogen (secondary N) is 1. The van der Waals surface area contributed by atoms with E-state index >= 15 is 0 Å². The van der Waals surface area contributed by atoms with Gasteiger partial charge in [0.05, 0.1) is 11.8 Å². The van der Waals surface area contributed by atoms with Crippen molar-refractivity contribution < 1.29 is 31.8 Å². The second-order valence-corrected chi connectivity index (χ2v) is 2.97. The molecule has 0 radical (unpaired) electrons. The van der Waals surface area contributed by atoms with Gasteiger partial charge in [-0.3, -0.25) is 10.1 Å². The van der Waals surface area contributed by atoms with Crippen LogP contribution in [0.3, 0.4) is 0 Å². The molecule has 3 amide bonds. The van der Waals surface area contributed by atoms with Crippen molar-refractivity contribution in [2.24, 2.45) is 10.9 Å². The van der Waals surface area contributed by atoms with E-state index in [9.17, 15) is 9.59 Å². The largest absolute Gasteiger partial charge is 1.00 e. The summed E-state index contributed by atoms with van der Waals surface area (Å²) in [6.07, 6.45) is 4.44. The molecule has 8 heteroatoms. The highest BCUT2D eigenvalue weighted by molar-refractivity contribution is 5.92. The summed E-state index contributed by atoms with van der Waals surface area (Å²) >= 11 is 0. The van der Waals surface area contributed by atoms with Crippen LogP contribution in [0.4, 0.5) is 4.79 Å². The number of carbonyl (C=O) groups excluding carboxylic acids is 2. The SMILES string of the molecule is NC(=O)NC(=O)C[n+]1cccc(C=NO)c1.[Cl-]. The van der Waals surface area contributed by atoms with Crippen LogP contribution in [0.15, 0.2) is 29.7 Å². The smallest absolute Gasteiger partial charge is 0.319 e. The number of aromatic nitrogens is 1. The van der Waals surface area contributed by atoms with Crippen LogP contribution in [-0.2, 0) is 11.3 Å². The van der Waals surface area contributed by atoms with Crippen LogP contribution in [0.5, 0.6) is 0 Å². The molecule has 0 bridgehead atoms. The number of imide groups is 1. The third-order valence-electron chi connectivity index (χ3n) is 1.68. The number of nitrogens with zero attached hydrogens (tertiary/aromatic N) is 2. The van der Waals surface area contributed by atoms with E-state index in [2.05, 4.69) is 5.16 Å². The molecule has 4 N–H and O–H groups in total. The van der Waals surface area contributed by atoms with Gasteiger partial charge in [0.15, 0.2) is 12.4 Å². The van der Waals surface area contributed by atoms with Crippen molar-refractivity contribution in [2.75, 3.05) is 0 Å². The molecule has 0 saturated carbocycles. The number of nitrogens with two attached hydrogens (primary N) is 1. The first-order chi connectivity index (χ1) is 7.61. The third-order valence-corrected chi connectivity index (χ3v) is 1.68. The molecule has 0 saturated heterocycles. The van der Waals surface area contributed by atoms with Gasteiger partial charge in [0, 0.05) is 6.07 Å². The van der Waals surface area contributed by atoms with Crippen molar-refractivity contribution in [3.05, 3.63) is 30.1 Å². The van der Waals surface area contributed by atoms with Gasteiger partial charge in [0.2, 0.25) is 6.54 Å². The first kappa shape index (κ1) is 14.8. The molecule has 0 spiro atoms. The average Bonchev–Trinajstić information content (AvgIpc) is 2.17. The summed E-state index contributed by atoms with van der Waals surface area (Å²) in [6, 6.07) is 2.48. The van der Waals surface area contributed by atoms with Crippen LogP contribution >= 0.6 is 0 Å². The van der Waals surface area contributed by atoms with Gasteiger partial charge in [-0.1, -0.05) is 5.16 Å². The quantitative estimate of drug-likeness (QED) is 0.222. The highest BCUT2D eigenvalue weighted by Crippen LogP contribution is 1.89. The van der Waals surface area contributed by atoms with Gasteiger partial charge in [0.1, 0.15) is 0 Å². The Labute approximate surface area is 103 Å². The Kier molecular flexibility index (Phi) is 6.27. The normalized spacial score (nSPS) is 9.65. The molecule has 0 unspecified atom stereocenters. The summed E-state index contributed by atoms with van der Waals surface area (Å²) in [5.74, 6) is -0.518. The van der Waals surface area contributed by atoms with E-state index in [0.717, 1.165) is 0 Å². The maximum Gasteiger partial charge on any atom is 0.319 e. The number of halogens is 1. The Morgan fingerprint density at radius 3 is 2.88 bits per heavy atom. The van der Waals surface area contributed by atoms with E-state index in [1.165, 1.54) is 10.8 Å². The van der Waals surface area contributed by atoms with Crippen molar-refractivity contribution in [3.63, 3.8) is 0 Å². The predicted molar refractivity (Wildman–Crippen MR) is 53.7 cm³/mol. The second-order valence-electron chi connectivity index (χ2n) is 2.97. The Bertz CT molecular complexity index is 436. The zero-order chi connectivity index (χ0) is 12.0. The van der Waals surface area contributed by atoms with Gasteiger partial charge < -0.3 is 23.3 Å². The molecule has 0 aliphatic carbocycles. The molecular weight excluding hydrogens is 248 g/mol. The summed E-state index contributed by atoms with van der Waals surface area (Å²) in [5, 5.41) is 13.1. The molecule has 0 aliphatic heterocycles. The number of carbonyl (C=O) groups is 2. The Hall–Kier alpha value is -2.15. The van der Waals surface area contributed by atoms with Gasteiger partial charge in [0.25, 0.3) is 5.91 Å². The third kappa shape index (κ3) is 5.47. The molecule has 92 valence electrons. The molecule has 1 aromatic heterocycles. The van der Waals surface area contributed by atoms with Crippen LogP contribution in [-0.4, -0.2) is 23.4 Å². The number of urea groups is 1. The number of hydrogen-bond acceptors (Lipinski definition) is 4. The molecular formula is C9H11ClN4O3. The molecule has 0 atom stereocenters. The number of hydrogen-bond donors (Lipinski definition) is 3. The molecule has 1 rings (SSSR count). The standard InChI is InChI=1S/C9H10N4O3.ClH/c10-9(15)12-8(14)6-13-3-1-2-7(5-13)4-11-16;/h1-5H,6H2,(H3-,10,12,14,15,16);1H. The number of amides is 3. The van der Waals surface area contributed by atoms with Crippen LogP contribution in [0, 0.1) is 0 Å². The van der Waals surface area contributed by atoms with E-state index in [1.807, 2.05) is 5.32 Å². The van der Waals surface area contributed by atoms with E-state index in [1.54, 1.807) is 24.5 Å². The highest BCUT2D eigenvalue weighted by Gasteiger charge is 2.10. The van der Waals surface area contributed by atoms with Crippen molar-refractivity contribution in [1.29, 1.82) is 0 Å². The van der Waals surface area contributed by atoms with Crippen LogP contribution < -0.4 is 28.0 Å². The fraction of sp³-hybridized carbons (Fsp3) is 0.111. The van der Waals surface area contributed by atoms with Crippen molar-refractivity contribution in [3.8, 4) is 0 Å². The second kappa shape index (κ2) is 7.18. The van der Waals surface area contributed by atoms with Gasteiger partial charge in [-0.15, -0.1) is 0 Å². The number of rotatable bonds is 3. The van der Waals surface area contributed by atoms with E-state index in [0.29, 0.717) is 5.56 Å². The Morgan fingerprint density at radius 2 is 2.29 bits per heavy atom. The van der Waals surface area contributed by atoms with E-state index in [4.69, 9.17) is 10.9 Å². The Balaban J connectivity index is 0.00000256. The van der Waals surface area contributed by atoms with Gasteiger partial charge in [-0.05, 0) is 6.07 Å². The number of pyridine rings is 1. The molecule has 0 aromatic carbocycles. The molecule has 1 aromatic rings. The van der Waals surface area contributed by atoms with Crippen molar-refractivity contribution in [2.45, 2.75) is 6.54 Å². The topological polar surface area (TPSA) is 109 Å². The summed E-state index contributed by atoms with van der Waals surface area (Å²) in [5.41, 5.74) is 5.41. The predicted octanol–water partition coefficient (Wildman–Crippen LogP) is -4.02. The number of primary amides is 1. The Morgan fingerprint density at radius 1 is 1.59 bits per heavy atom. The molecule has 1 heterocycles. The van der Waals surface area contributed by atoms with Gasteiger partial charge in [-0.2, -0.15) is 4.57 Å². The lowest BCUT2D eigenvalue weighted by molar-refractivity contribution is -0.684. The average molecular weight is 259 g/mol. The number of oxime groups is 1. The fourth-order valence-electron chi connectivity index (χ4n) is 1.13. The fourth-order valence-corrected chi connectivity index (χ4v) is 1.13. The van der Waals surface area contributed by atoms with Crippen LogP contribution in [0.2, 0.25) is 0 Å². The zero-order valence-corrected chi connectivity index (χ0v) is 9.46. The van der Waals surface area contributed by atoms with Crippen molar-refractivity contribution in [1.82, 2.24) is 5.32 Å². The van der Waals surface area contributed by atoms with Crippen LogP contribution in [0.1, 0.15) is 5.56 Å². The first-order valence-electron chi connectivity index (χ1n) is 4.37. The van der Waals surface area contributed by atoms with Gasteiger partial charge >= 0.3 is 6.03 Å². The summed E-state index contributed by atoms with van der Waals surface area (Å²) in [4.78, 5) is 21.6. The van der Waals surface area contributed by atoms with E-state index < -0.39 is 11.9 Å².